The second-order valence-electron chi connectivity index (χ2n) is 16.5. The van der Waals surface area contributed by atoms with E-state index < -0.39 is 5.41 Å². The van der Waals surface area contributed by atoms with E-state index in [1.54, 1.807) is 0 Å². The Kier molecular flexibility index (Phi) is 8.68. The van der Waals surface area contributed by atoms with Crippen molar-refractivity contribution in [3.05, 3.63) is 233 Å². The van der Waals surface area contributed by atoms with Crippen molar-refractivity contribution < 1.29 is 4.74 Å². The molecule has 282 valence electrons. The molecule has 2 aliphatic carbocycles. The van der Waals surface area contributed by atoms with Crippen molar-refractivity contribution in [2.24, 2.45) is 0 Å². The van der Waals surface area contributed by atoms with Gasteiger partial charge in [0.2, 0.25) is 0 Å². The number of anilines is 3. The third-order valence-corrected chi connectivity index (χ3v) is 12.9. The molecule has 0 heterocycles. The van der Waals surface area contributed by atoms with Gasteiger partial charge < -0.3 is 9.64 Å². The van der Waals surface area contributed by atoms with Gasteiger partial charge in [0, 0.05) is 22.5 Å². The van der Waals surface area contributed by atoms with Crippen LogP contribution in [0.3, 0.4) is 0 Å². The lowest BCUT2D eigenvalue weighted by molar-refractivity contribution is 0.481. The van der Waals surface area contributed by atoms with Gasteiger partial charge in [-0.15, -0.1) is 0 Å². The van der Waals surface area contributed by atoms with Crippen LogP contribution in [0.15, 0.2) is 194 Å². The molecule has 0 N–H and O–H groups in total. The lowest BCUT2D eigenvalue weighted by Crippen LogP contribution is -2.28. The van der Waals surface area contributed by atoms with Crippen LogP contribution in [-0.4, -0.2) is 0 Å². The molecule has 0 aliphatic heterocycles. The molecule has 10 rings (SSSR count). The van der Waals surface area contributed by atoms with Crippen molar-refractivity contribution in [3.63, 3.8) is 0 Å². The van der Waals surface area contributed by atoms with E-state index >= 15 is 0 Å². The van der Waals surface area contributed by atoms with E-state index in [2.05, 4.69) is 227 Å². The van der Waals surface area contributed by atoms with E-state index in [1.165, 1.54) is 61.2 Å². The van der Waals surface area contributed by atoms with Gasteiger partial charge >= 0.3 is 0 Å². The van der Waals surface area contributed by atoms with E-state index in [-0.39, 0.29) is 5.41 Å². The summed E-state index contributed by atoms with van der Waals surface area (Å²) in [6.45, 7) is 9.21. The third-order valence-electron chi connectivity index (χ3n) is 12.9. The maximum atomic E-state index is 6.45. The van der Waals surface area contributed by atoms with Crippen LogP contribution >= 0.6 is 0 Å². The van der Waals surface area contributed by atoms with Gasteiger partial charge in [-0.3, -0.25) is 0 Å². The van der Waals surface area contributed by atoms with Gasteiger partial charge in [-0.05, 0) is 134 Å². The Morgan fingerprint density at radius 2 is 0.931 bits per heavy atom. The van der Waals surface area contributed by atoms with Crippen molar-refractivity contribution in [1.29, 1.82) is 0 Å². The van der Waals surface area contributed by atoms with Gasteiger partial charge in [-0.1, -0.05) is 161 Å². The SMILES string of the molecule is CCC(C)c1ccc(Oc2ccc(C3(c4ccccc4)c4ccccc4-c4ccc(N(c5ccccc5)c5ccc6c(c5)C(C)(C)c5ccccc5-6)cc43)cc2)cc1. The zero-order valence-electron chi connectivity index (χ0n) is 33.6. The first-order valence-electron chi connectivity index (χ1n) is 20.7. The predicted octanol–water partition coefficient (Wildman–Crippen LogP) is 15.1. The Hall–Kier alpha value is -6.64. The molecule has 0 aromatic heterocycles. The minimum absolute atomic E-state index is 0.112. The molecule has 2 heteroatoms. The van der Waals surface area contributed by atoms with Crippen LogP contribution in [0, 0.1) is 0 Å². The highest BCUT2D eigenvalue weighted by molar-refractivity contribution is 5.90. The van der Waals surface area contributed by atoms with Gasteiger partial charge in [0.15, 0.2) is 0 Å². The fourth-order valence-corrected chi connectivity index (χ4v) is 9.75. The van der Waals surface area contributed by atoms with Gasteiger partial charge in [0.25, 0.3) is 0 Å². The van der Waals surface area contributed by atoms with Crippen molar-refractivity contribution in [1.82, 2.24) is 0 Å². The standard InChI is InChI=1S/C56H47NO/c1-5-38(2)39-24-30-45(31-25-39)58-46-32-26-41(27-33-46)56(40-16-8-6-9-17-40)52-23-15-13-21-48(52)50-35-29-44(37-54(50)56)57(42-18-10-7-11-19-42)43-28-34-49-47-20-12-14-22-51(47)55(3,4)53(49)36-43/h6-38H,5H2,1-4H3. The Labute approximate surface area is 343 Å². The molecule has 0 saturated heterocycles. The number of ether oxygens (including phenoxy) is 1. The Morgan fingerprint density at radius 1 is 0.448 bits per heavy atom. The predicted molar refractivity (Wildman–Crippen MR) is 241 cm³/mol. The second-order valence-corrected chi connectivity index (χ2v) is 16.5. The van der Waals surface area contributed by atoms with Crippen LogP contribution in [0.5, 0.6) is 11.5 Å². The van der Waals surface area contributed by atoms with Crippen molar-refractivity contribution in [3.8, 4) is 33.8 Å². The molecule has 0 fully saturated rings. The topological polar surface area (TPSA) is 12.5 Å². The minimum atomic E-state index is -0.566. The van der Waals surface area contributed by atoms with Crippen molar-refractivity contribution >= 4 is 17.1 Å². The largest absolute Gasteiger partial charge is 0.457 e. The van der Waals surface area contributed by atoms with Gasteiger partial charge in [0.1, 0.15) is 11.5 Å². The fourth-order valence-electron chi connectivity index (χ4n) is 9.75. The Balaban J connectivity index is 1.13. The van der Waals surface area contributed by atoms with Crippen LogP contribution in [0.1, 0.15) is 79.0 Å². The van der Waals surface area contributed by atoms with E-state index in [4.69, 9.17) is 4.74 Å². The first-order valence-corrected chi connectivity index (χ1v) is 20.7. The zero-order valence-corrected chi connectivity index (χ0v) is 33.6. The minimum Gasteiger partial charge on any atom is -0.457 e. The van der Waals surface area contributed by atoms with E-state index in [9.17, 15) is 0 Å². The average molecular weight is 750 g/mol. The summed E-state index contributed by atoms with van der Waals surface area (Å²) >= 11 is 0. The maximum absolute atomic E-state index is 6.45. The molecule has 8 aromatic rings. The normalized spacial score (nSPS) is 16.1. The van der Waals surface area contributed by atoms with Crippen LogP contribution in [0.2, 0.25) is 0 Å². The summed E-state index contributed by atoms with van der Waals surface area (Å²) in [5, 5.41) is 0. The first kappa shape index (κ1) is 35.8. The highest BCUT2D eigenvalue weighted by Gasteiger charge is 2.46. The van der Waals surface area contributed by atoms with Crippen LogP contribution in [-0.2, 0) is 10.8 Å². The molecule has 2 unspecified atom stereocenters. The quantitative estimate of drug-likeness (QED) is 0.146. The number of benzene rings is 8. The summed E-state index contributed by atoms with van der Waals surface area (Å²) in [6, 6.07) is 71.2. The van der Waals surface area contributed by atoms with E-state index in [1.807, 2.05) is 0 Å². The molecule has 8 aromatic carbocycles. The molecule has 2 aliphatic rings. The number of hydrogen-bond donors (Lipinski definition) is 0. The van der Waals surface area contributed by atoms with E-state index in [0.29, 0.717) is 5.92 Å². The van der Waals surface area contributed by atoms with Gasteiger partial charge in [-0.2, -0.15) is 0 Å². The van der Waals surface area contributed by atoms with Crippen LogP contribution < -0.4 is 9.64 Å². The summed E-state index contributed by atoms with van der Waals surface area (Å²) in [4.78, 5) is 2.43. The molecule has 2 nitrogen and oxygen atoms in total. The summed E-state index contributed by atoms with van der Waals surface area (Å²) in [7, 11) is 0. The van der Waals surface area contributed by atoms with Crippen molar-refractivity contribution in [2.75, 3.05) is 4.90 Å². The highest BCUT2D eigenvalue weighted by atomic mass is 16.5. The number of nitrogens with zero attached hydrogens (tertiary/aromatic N) is 1. The second kappa shape index (κ2) is 14.1. The molecule has 2 atom stereocenters. The number of fused-ring (bicyclic) bond motifs is 6. The molecular weight excluding hydrogens is 703 g/mol. The average Bonchev–Trinajstić information content (AvgIpc) is 3.70. The monoisotopic (exact) mass is 749 g/mol. The molecular formula is C56H47NO. The highest BCUT2D eigenvalue weighted by Crippen LogP contribution is 2.58. The maximum Gasteiger partial charge on any atom is 0.127 e. The third kappa shape index (κ3) is 5.62. The summed E-state index contributed by atoms with van der Waals surface area (Å²) in [5.41, 5.74) is 16.9. The Morgan fingerprint density at radius 3 is 1.57 bits per heavy atom. The lowest BCUT2D eigenvalue weighted by atomic mass is 9.67. The molecule has 0 amide bonds. The summed E-state index contributed by atoms with van der Waals surface area (Å²) < 4.78 is 6.45. The molecule has 0 bridgehead atoms. The number of rotatable bonds is 9. The van der Waals surface area contributed by atoms with Gasteiger partial charge in [0.05, 0.1) is 5.41 Å². The Bertz CT molecular complexity index is 2770. The molecule has 58 heavy (non-hydrogen) atoms. The van der Waals surface area contributed by atoms with E-state index in [0.717, 1.165) is 35.0 Å². The summed E-state index contributed by atoms with van der Waals surface area (Å²) in [6.07, 6.45) is 1.12. The fraction of sp³-hybridized carbons (Fsp3) is 0.143. The summed E-state index contributed by atoms with van der Waals surface area (Å²) in [5.74, 6) is 2.19. The zero-order chi connectivity index (χ0) is 39.4. The van der Waals surface area contributed by atoms with Gasteiger partial charge in [-0.25, -0.2) is 0 Å². The van der Waals surface area contributed by atoms with Crippen LogP contribution in [0.25, 0.3) is 22.3 Å². The number of para-hydroxylation sites is 1. The molecule has 0 saturated carbocycles. The first-order chi connectivity index (χ1) is 28.4. The number of hydrogen-bond acceptors (Lipinski definition) is 2. The van der Waals surface area contributed by atoms with Crippen LogP contribution in [0.4, 0.5) is 17.1 Å². The lowest BCUT2D eigenvalue weighted by Gasteiger charge is -2.35. The molecule has 0 radical (unpaired) electrons. The van der Waals surface area contributed by atoms with Crippen molar-refractivity contribution in [2.45, 2.75) is 50.9 Å². The smallest absolute Gasteiger partial charge is 0.127 e. The molecule has 0 spiro atoms.